The number of hydrogen-bond acceptors (Lipinski definition) is 2. The molecule has 2 heteroatoms. The van der Waals surface area contributed by atoms with Crippen LogP contribution in [0.2, 0.25) is 0 Å². The first-order valence-corrected chi connectivity index (χ1v) is 6.18. The van der Waals surface area contributed by atoms with E-state index in [4.69, 9.17) is 4.74 Å². The monoisotopic (exact) mass is 199 g/mol. The third kappa shape index (κ3) is 2.48. The molecule has 1 aliphatic rings. The van der Waals surface area contributed by atoms with Crippen molar-refractivity contribution in [1.82, 2.24) is 4.90 Å². The van der Waals surface area contributed by atoms with Crippen molar-refractivity contribution < 1.29 is 4.74 Å². The molecule has 0 saturated carbocycles. The Kier molecular flexibility index (Phi) is 4.90. The van der Waals surface area contributed by atoms with Gasteiger partial charge in [-0.1, -0.05) is 27.2 Å². The molecule has 1 rings (SSSR count). The highest BCUT2D eigenvalue weighted by Crippen LogP contribution is 2.34. The summed E-state index contributed by atoms with van der Waals surface area (Å²) < 4.78 is 6.11. The van der Waals surface area contributed by atoms with Crippen LogP contribution < -0.4 is 0 Å². The van der Waals surface area contributed by atoms with Crippen molar-refractivity contribution in [3.05, 3.63) is 0 Å². The zero-order valence-corrected chi connectivity index (χ0v) is 10.0. The fraction of sp³-hybridized carbons (Fsp3) is 1.00. The summed E-state index contributed by atoms with van der Waals surface area (Å²) in [6, 6.07) is 0. The summed E-state index contributed by atoms with van der Waals surface area (Å²) in [5.74, 6) is 0. The van der Waals surface area contributed by atoms with Crippen molar-refractivity contribution >= 4 is 0 Å². The molecule has 14 heavy (non-hydrogen) atoms. The van der Waals surface area contributed by atoms with Gasteiger partial charge in [-0.2, -0.15) is 0 Å². The molecule has 1 atom stereocenters. The van der Waals surface area contributed by atoms with Crippen molar-refractivity contribution in [1.29, 1.82) is 0 Å². The molecule has 1 heterocycles. The summed E-state index contributed by atoms with van der Waals surface area (Å²) >= 11 is 0. The van der Waals surface area contributed by atoms with Gasteiger partial charge < -0.3 is 4.74 Å². The molecular weight excluding hydrogens is 174 g/mol. The Hall–Kier alpha value is -0.0800. The van der Waals surface area contributed by atoms with E-state index in [2.05, 4.69) is 25.7 Å². The standard InChI is InChI=1S/C12H25NO/c1-4-8-12(14-11-5-2)9-7-10-13(12)6-3/h4-11H2,1-3H3. The summed E-state index contributed by atoms with van der Waals surface area (Å²) in [5.41, 5.74) is 0.0967. The normalized spacial score (nSPS) is 28.5. The molecule has 84 valence electrons. The molecule has 0 bridgehead atoms. The molecule has 0 aliphatic carbocycles. The van der Waals surface area contributed by atoms with Crippen LogP contribution in [-0.2, 0) is 4.74 Å². The molecular formula is C12H25NO. The SMILES string of the molecule is CCCOC1(CCC)CCCN1CC. The highest BCUT2D eigenvalue weighted by molar-refractivity contribution is 4.87. The van der Waals surface area contributed by atoms with Crippen LogP contribution in [0, 0.1) is 0 Å². The van der Waals surface area contributed by atoms with Gasteiger partial charge in [0.05, 0.1) is 0 Å². The van der Waals surface area contributed by atoms with E-state index in [-0.39, 0.29) is 5.72 Å². The van der Waals surface area contributed by atoms with E-state index in [0.717, 1.165) is 19.6 Å². The van der Waals surface area contributed by atoms with E-state index < -0.39 is 0 Å². The molecule has 1 aliphatic heterocycles. The molecule has 0 N–H and O–H groups in total. The maximum atomic E-state index is 6.11. The maximum Gasteiger partial charge on any atom is 0.121 e. The Morgan fingerprint density at radius 1 is 1.21 bits per heavy atom. The van der Waals surface area contributed by atoms with Gasteiger partial charge in [-0.3, -0.25) is 4.90 Å². The van der Waals surface area contributed by atoms with Gasteiger partial charge in [0.1, 0.15) is 5.72 Å². The minimum Gasteiger partial charge on any atom is -0.360 e. The number of nitrogens with zero attached hydrogens (tertiary/aromatic N) is 1. The van der Waals surface area contributed by atoms with E-state index in [1.54, 1.807) is 0 Å². The van der Waals surface area contributed by atoms with Crippen LogP contribution in [0.5, 0.6) is 0 Å². The van der Waals surface area contributed by atoms with E-state index in [0.29, 0.717) is 0 Å². The van der Waals surface area contributed by atoms with E-state index >= 15 is 0 Å². The van der Waals surface area contributed by atoms with E-state index in [9.17, 15) is 0 Å². The first-order valence-electron chi connectivity index (χ1n) is 6.18. The Labute approximate surface area is 88.6 Å². The average molecular weight is 199 g/mol. The Morgan fingerprint density at radius 3 is 2.57 bits per heavy atom. The van der Waals surface area contributed by atoms with E-state index in [1.165, 1.54) is 32.2 Å². The molecule has 1 unspecified atom stereocenters. The second-order valence-electron chi connectivity index (χ2n) is 4.23. The smallest absolute Gasteiger partial charge is 0.121 e. The molecule has 0 amide bonds. The minimum atomic E-state index is 0.0967. The van der Waals surface area contributed by atoms with Gasteiger partial charge in [0.2, 0.25) is 0 Å². The highest BCUT2D eigenvalue weighted by atomic mass is 16.5. The second kappa shape index (κ2) is 5.72. The molecule has 2 nitrogen and oxygen atoms in total. The first-order chi connectivity index (χ1) is 6.79. The van der Waals surface area contributed by atoms with Crippen molar-refractivity contribution in [2.75, 3.05) is 19.7 Å². The van der Waals surface area contributed by atoms with Gasteiger partial charge in [-0.25, -0.2) is 0 Å². The van der Waals surface area contributed by atoms with Crippen LogP contribution in [0.1, 0.15) is 52.9 Å². The zero-order chi connectivity index (χ0) is 10.4. The number of rotatable bonds is 6. The number of hydrogen-bond donors (Lipinski definition) is 0. The van der Waals surface area contributed by atoms with Crippen LogP contribution in [0.15, 0.2) is 0 Å². The lowest BCUT2D eigenvalue weighted by Gasteiger charge is -2.38. The minimum absolute atomic E-state index is 0.0967. The molecule has 0 aromatic carbocycles. The molecule has 0 aromatic heterocycles. The molecule has 1 saturated heterocycles. The molecule has 1 fully saturated rings. The predicted molar refractivity (Wildman–Crippen MR) is 60.4 cm³/mol. The van der Waals surface area contributed by atoms with Crippen LogP contribution in [0.25, 0.3) is 0 Å². The topological polar surface area (TPSA) is 12.5 Å². The molecule has 0 aromatic rings. The lowest BCUT2D eigenvalue weighted by atomic mass is 10.0. The molecule has 0 radical (unpaired) electrons. The van der Waals surface area contributed by atoms with Gasteiger partial charge in [-0.15, -0.1) is 0 Å². The van der Waals surface area contributed by atoms with Gasteiger partial charge in [0.25, 0.3) is 0 Å². The lowest BCUT2D eigenvalue weighted by molar-refractivity contribution is -0.139. The Morgan fingerprint density at radius 2 is 2.00 bits per heavy atom. The van der Waals surface area contributed by atoms with Crippen LogP contribution >= 0.6 is 0 Å². The molecule has 0 spiro atoms. The second-order valence-corrected chi connectivity index (χ2v) is 4.23. The van der Waals surface area contributed by atoms with Gasteiger partial charge in [0, 0.05) is 13.2 Å². The van der Waals surface area contributed by atoms with Crippen molar-refractivity contribution in [2.24, 2.45) is 0 Å². The van der Waals surface area contributed by atoms with Crippen LogP contribution in [-0.4, -0.2) is 30.3 Å². The maximum absolute atomic E-state index is 6.11. The quantitative estimate of drug-likeness (QED) is 0.652. The summed E-state index contributed by atoms with van der Waals surface area (Å²) in [7, 11) is 0. The largest absolute Gasteiger partial charge is 0.360 e. The van der Waals surface area contributed by atoms with Gasteiger partial charge in [-0.05, 0) is 32.2 Å². The summed E-state index contributed by atoms with van der Waals surface area (Å²) in [5, 5.41) is 0. The first kappa shape index (κ1) is 12.0. The van der Waals surface area contributed by atoms with Crippen molar-refractivity contribution in [3.8, 4) is 0 Å². The van der Waals surface area contributed by atoms with Gasteiger partial charge in [0.15, 0.2) is 0 Å². The summed E-state index contributed by atoms with van der Waals surface area (Å²) in [4.78, 5) is 2.52. The van der Waals surface area contributed by atoms with Crippen molar-refractivity contribution in [3.63, 3.8) is 0 Å². The fourth-order valence-electron chi connectivity index (χ4n) is 2.56. The Bertz CT molecular complexity index is 160. The lowest BCUT2D eigenvalue weighted by Crippen LogP contribution is -2.46. The predicted octanol–water partition coefficient (Wildman–Crippen LogP) is 3.03. The Balaban J connectivity index is 2.58. The van der Waals surface area contributed by atoms with E-state index in [1.807, 2.05) is 0 Å². The highest BCUT2D eigenvalue weighted by Gasteiger charge is 2.39. The fourth-order valence-corrected chi connectivity index (χ4v) is 2.56. The third-order valence-corrected chi connectivity index (χ3v) is 3.17. The summed E-state index contributed by atoms with van der Waals surface area (Å²) in [6.07, 6.45) is 6.08. The van der Waals surface area contributed by atoms with Crippen molar-refractivity contribution in [2.45, 2.75) is 58.6 Å². The zero-order valence-electron chi connectivity index (χ0n) is 10.0. The average Bonchev–Trinajstić information content (AvgIpc) is 2.59. The number of ether oxygens (including phenoxy) is 1. The summed E-state index contributed by atoms with van der Waals surface area (Å²) in [6.45, 7) is 9.94. The van der Waals surface area contributed by atoms with Crippen LogP contribution in [0.3, 0.4) is 0 Å². The van der Waals surface area contributed by atoms with Crippen LogP contribution in [0.4, 0.5) is 0 Å². The third-order valence-electron chi connectivity index (χ3n) is 3.17. The van der Waals surface area contributed by atoms with Gasteiger partial charge >= 0.3 is 0 Å². The number of likely N-dealkylation sites (tertiary alicyclic amines) is 1.